The third-order valence-corrected chi connectivity index (χ3v) is 4.43. The highest BCUT2D eigenvalue weighted by atomic mass is 16.2. The SMILES string of the molecule is CC(C)NC(=O)N1CC(=O)N2[C@@H](CC[C@@H]2c2ccccc2)C1. The van der Waals surface area contributed by atoms with Gasteiger partial charge in [0, 0.05) is 12.6 Å². The molecule has 2 saturated heterocycles. The molecule has 0 bridgehead atoms. The summed E-state index contributed by atoms with van der Waals surface area (Å²) in [7, 11) is 0. The number of amides is 3. The summed E-state index contributed by atoms with van der Waals surface area (Å²) in [5.74, 6) is 0.0570. The van der Waals surface area contributed by atoms with Crippen molar-refractivity contribution < 1.29 is 9.59 Å². The van der Waals surface area contributed by atoms with Gasteiger partial charge in [0.05, 0.1) is 12.1 Å². The number of benzene rings is 1. The van der Waals surface area contributed by atoms with Gasteiger partial charge in [0.2, 0.25) is 5.91 Å². The van der Waals surface area contributed by atoms with Crippen LogP contribution in [0.25, 0.3) is 0 Å². The number of carbonyl (C=O) groups is 2. The smallest absolute Gasteiger partial charge is 0.318 e. The van der Waals surface area contributed by atoms with Crippen molar-refractivity contribution in [2.45, 2.75) is 44.8 Å². The van der Waals surface area contributed by atoms with Crippen molar-refractivity contribution in [2.75, 3.05) is 13.1 Å². The van der Waals surface area contributed by atoms with Gasteiger partial charge in [0.15, 0.2) is 0 Å². The van der Waals surface area contributed by atoms with Gasteiger partial charge in [0.1, 0.15) is 6.54 Å². The molecule has 22 heavy (non-hydrogen) atoms. The first-order chi connectivity index (χ1) is 10.6. The summed E-state index contributed by atoms with van der Waals surface area (Å²) in [6.45, 7) is 4.67. The van der Waals surface area contributed by atoms with E-state index in [0.29, 0.717) is 6.54 Å². The number of fused-ring (bicyclic) bond motifs is 1. The summed E-state index contributed by atoms with van der Waals surface area (Å²) in [5.41, 5.74) is 1.19. The van der Waals surface area contributed by atoms with Crippen molar-refractivity contribution in [1.82, 2.24) is 15.1 Å². The minimum Gasteiger partial charge on any atom is -0.336 e. The normalized spacial score (nSPS) is 24.6. The molecule has 5 nitrogen and oxygen atoms in total. The summed E-state index contributed by atoms with van der Waals surface area (Å²) in [6.07, 6.45) is 1.93. The zero-order valence-electron chi connectivity index (χ0n) is 13.2. The molecule has 118 valence electrons. The lowest BCUT2D eigenvalue weighted by atomic mass is 10.0. The van der Waals surface area contributed by atoms with E-state index in [0.717, 1.165) is 12.8 Å². The molecule has 0 radical (unpaired) electrons. The topological polar surface area (TPSA) is 52.7 Å². The van der Waals surface area contributed by atoms with E-state index in [9.17, 15) is 9.59 Å². The number of nitrogens with zero attached hydrogens (tertiary/aromatic N) is 2. The van der Waals surface area contributed by atoms with Crippen LogP contribution < -0.4 is 5.32 Å². The van der Waals surface area contributed by atoms with Crippen molar-refractivity contribution in [1.29, 1.82) is 0 Å². The summed E-state index contributed by atoms with van der Waals surface area (Å²) < 4.78 is 0. The highest BCUT2D eigenvalue weighted by molar-refractivity contribution is 5.86. The summed E-state index contributed by atoms with van der Waals surface area (Å²) in [5, 5.41) is 2.87. The van der Waals surface area contributed by atoms with Crippen LogP contribution in [0.1, 0.15) is 38.3 Å². The lowest BCUT2D eigenvalue weighted by Gasteiger charge is -2.40. The molecule has 0 saturated carbocycles. The maximum atomic E-state index is 12.6. The summed E-state index contributed by atoms with van der Waals surface area (Å²) in [6, 6.07) is 10.4. The van der Waals surface area contributed by atoms with E-state index in [-0.39, 0.29) is 36.6 Å². The minimum absolute atomic E-state index is 0.0570. The predicted octanol–water partition coefficient (Wildman–Crippen LogP) is 2.15. The molecule has 2 aliphatic rings. The largest absolute Gasteiger partial charge is 0.336 e. The molecule has 0 unspecified atom stereocenters. The molecule has 1 N–H and O–H groups in total. The Balaban J connectivity index is 1.73. The molecular weight excluding hydrogens is 278 g/mol. The molecule has 0 aliphatic carbocycles. The van der Waals surface area contributed by atoms with Crippen molar-refractivity contribution in [2.24, 2.45) is 0 Å². The number of rotatable bonds is 2. The van der Waals surface area contributed by atoms with Crippen LogP contribution in [0.2, 0.25) is 0 Å². The molecule has 0 aromatic heterocycles. The summed E-state index contributed by atoms with van der Waals surface area (Å²) in [4.78, 5) is 28.3. The monoisotopic (exact) mass is 301 g/mol. The Morgan fingerprint density at radius 1 is 1.23 bits per heavy atom. The number of piperazine rings is 1. The molecule has 1 aromatic rings. The van der Waals surface area contributed by atoms with Gasteiger partial charge in [-0.3, -0.25) is 4.79 Å². The lowest BCUT2D eigenvalue weighted by molar-refractivity contribution is -0.138. The Labute approximate surface area is 131 Å². The van der Waals surface area contributed by atoms with Gasteiger partial charge in [0.25, 0.3) is 0 Å². The van der Waals surface area contributed by atoms with Crippen molar-refractivity contribution in [3.05, 3.63) is 35.9 Å². The number of hydrogen-bond acceptors (Lipinski definition) is 2. The maximum Gasteiger partial charge on any atom is 0.318 e. The van der Waals surface area contributed by atoms with Gasteiger partial charge in [-0.05, 0) is 32.3 Å². The van der Waals surface area contributed by atoms with E-state index in [2.05, 4.69) is 17.4 Å². The average Bonchev–Trinajstić information content (AvgIpc) is 2.92. The third-order valence-electron chi connectivity index (χ3n) is 4.43. The zero-order valence-corrected chi connectivity index (χ0v) is 13.2. The molecule has 2 heterocycles. The Morgan fingerprint density at radius 2 is 1.95 bits per heavy atom. The van der Waals surface area contributed by atoms with Crippen LogP contribution in [0.15, 0.2) is 30.3 Å². The number of urea groups is 1. The number of carbonyl (C=O) groups excluding carboxylic acids is 2. The Morgan fingerprint density at radius 3 is 2.64 bits per heavy atom. The Bertz CT molecular complexity index is 558. The van der Waals surface area contributed by atoms with Crippen LogP contribution in [-0.2, 0) is 4.79 Å². The van der Waals surface area contributed by atoms with E-state index >= 15 is 0 Å². The van der Waals surface area contributed by atoms with Crippen LogP contribution in [0, 0.1) is 0 Å². The molecule has 3 amide bonds. The molecule has 2 aliphatic heterocycles. The second-order valence-corrected chi connectivity index (χ2v) is 6.44. The Kier molecular flexibility index (Phi) is 4.05. The first kappa shape index (κ1) is 14.9. The number of nitrogens with one attached hydrogen (secondary N) is 1. The molecule has 2 fully saturated rings. The standard InChI is InChI=1S/C17H23N3O2/c1-12(2)18-17(22)19-10-14-8-9-15(20(14)16(21)11-19)13-6-4-3-5-7-13/h3-7,12,14-15H,8-11H2,1-2H3,(H,18,22)/t14-,15+/m0/s1. The van der Waals surface area contributed by atoms with Crippen LogP contribution in [0.4, 0.5) is 4.79 Å². The van der Waals surface area contributed by atoms with Crippen LogP contribution in [-0.4, -0.2) is 46.9 Å². The first-order valence-corrected chi connectivity index (χ1v) is 7.98. The minimum atomic E-state index is -0.133. The van der Waals surface area contributed by atoms with Gasteiger partial charge >= 0.3 is 6.03 Å². The molecular formula is C17H23N3O2. The average molecular weight is 301 g/mol. The summed E-state index contributed by atoms with van der Waals surface area (Å²) >= 11 is 0. The van der Waals surface area contributed by atoms with E-state index in [4.69, 9.17) is 0 Å². The molecule has 5 heteroatoms. The quantitative estimate of drug-likeness (QED) is 0.910. The van der Waals surface area contributed by atoms with Crippen molar-refractivity contribution >= 4 is 11.9 Å². The van der Waals surface area contributed by atoms with E-state index < -0.39 is 0 Å². The van der Waals surface area contributed by atoms with Gasteiger partial charge in [-0.25, -0.2) is 4.79 Å². The predicted molar refractivity (Wildman–Crippen MR) is 84.3 cm³/mol. The van der Waals surface area contributed by atoms with Gasteiger partial charge in [-0.15, -0.1) is 0 Å². The molecule has 3 rings (SSSR count). The van der Waals surface area contributed by atoms with Crippen LogP contribution in [0.3, 0.4) is 0 Å². The van der Waals surface area contributed by atoms with E-state index in [1.165, 1.54) is 5.56 Å². The fourth-order valence-corrected chi connectivity index (χ4v) is 3.50. The van der Waals surface area contributed by atoms with Crippen molar-refractivity contribution in [3.8, 4) is 0 Å². The maximum absolute atomic E-state index is 12.6. The second-order valence-electron chi connectivity index (χ2n) is 6.44. The van der Waals surface area contributed by atoms with E-state index in [1.807, 2.05) is 36.9 Å². The Hall–Kier alpha value is -2.04. The third kappa shape index (κ3) is 2.80. The highest BCUT2D eigenvalue weighted by Crippen LogP contribution is 2.38. The van der Waals surface area contributed by atoms with E-state index in [1.54, 1.807) is 4.90 Å². The van der Waals surface area contributed by atoms with Crippen molar-refractivity contribution in [3.63, 3.8) is 0 Å². The van der Waals surface area contributed by atoms with Crippen LogP contribution in [0.5, 0.6) is 0 Å². The molecule has 0 spiro atoms. The van der Waals surface area contributed by atoms with Gasteiger partial charge in [-0.1, -0.05) is 30.3 Å². The van der Waals surface area contributed by atoms with Crippen LogP contribution >= 0.6 is 0 Å². The highest BCUT2D eigenvalue weighted by Gasteiger charge is 2.43. The second kappa shape index (κ2) is 5.99. The zero-order chi connectivity index (χ0) is 15.7. The fourth-order valence-electron chi connectivity index (χ4n) is 3.50. The fraction of sp³-hybridized carbons (Fsp3) is 0.529. The first-order valence-electron chi connectivity index (χ1n) is 7.98. The number of hydrogen-bond donors (Lipinski definition) is 1. The molecule has 2 atom stereocenters. The molecule has 1 aromatic carbocycles. The van der Waals surface area contributed by atoms with Gasteiger partial charge < -0.3 is 15.1 Å². The lowest BCUT2D eigenvalue weighted by Crippen LogP contribution is -2.58. The van der Waals surface area contributed by atoms with Gasteiger partial charge in [-0.2, -0.15) is 0 Å².